The van der Waals surface area contributed by atoms with Gasteiger partial charge in [-0.1, -0.05) is 24.3 Å². The summed E-state index contributed by atoms with van der Waals surface area (Å²) in [6, 6.07) is 14.0. The van der Waals surface area contributed by atoms with Crippen LogP contribution < -0.4 is 14.8 Å². The summed E-state index contributed by atoms with van der Waals surface area (Å²) in [6.07, 6.45) is 1.25. The number of amides is 1. The summed E-state index contributed by atoms with van der Waals surface area (Å²) in [6.45, 7) is 6.39. The zero-order chi connectivity index (χ0) is 18.2. The first kappa shape index (κ1) is 18.8. The van der Waals surface area contributed by atoms with Gasteiger partial charge in [0.2, 0.25) is 0 Å². The van der Waals surface area contributed by atoms with E-state index in [4.69, 9.17) is 9.47 Å². The van der Waals surface area contributed by atoms with E-state index in [0.717, 1.165) is 35.5 Å². The van der Waals surface area contributed by atoms with Gasteiger partial charge in [-0.2, -0.15) is 0 Å². The van der Waals surface area contributed by atoms with Gasteiger partial charge in [0.1, 0.15) is 11.5 Å². The fourth-order valence-corrected chi connectivity index (χ4v) is 2.55. The van der Waals surface area contributed by atoms with Crippen molar-refractivity contribution in [3.05, 3.63) is 59.2 Å². The van der Waals surface area contributed by atoms with Crippen LogP contribution in [0.3, 0.4) is 0 Å². The summed E-state index contributed by atoms with van der Waals surface area (Å²) in [5.74, 6) is 1.53. The summed E-state index contributed by atoms with van der Waals surface area (Å²) in [5.41, 5.74) is 3.35. The fourth-order valence-electron chi connectivity index (χ4n) is 2.55. The third-order valence-electron chi connectivity index (χ3n) is 4.09. The molecule has 0 aromatic heterocycles. The Balaban J connectivity index is 1.76. The molecule has 2 aromatic carbocycles. The van der Waals surface area contributed by atoms with Gasteiger partial charge in [-0.05, 0) is 68.5 Å². The second-order valence-electron chi connectivity index (χ2n) is 6.28. The van der Waals surface area contributed by atoms with Crippen LogP contribution in [0, 0.1) is 13.8 Å². The minimum Gasteiger partial charge on any atom is -0.497 e. The van der Waals surface area contributed by atoms with Gasteiger partial charge in [-0.25, -0.2) is 0 Å². The van der Waals surface area contributed by atoms with Crippen LogP contribution in [0.2, 0.25) is 0 Å². The Morgan fingerprint density at radius 3 is 2.72 bits per heavy atom. The minimum atomic E-state index is -0.516. The van der Waals surface area contributed by atoms with Gasteiger partial charge >= 0.3 is 0 Å². The van der Waals surface area contributed by atoms with Crippen LogP contribution in [-0.2, 0) is 11.2 Å². The standard InChI is InChI=1S/C21H27NO3/c1-15-10-11-16(2)20(13-15)25-17(3)21(23)22-12-6-8-18-7-5-9-19(14-18)24-4/h5,7,9-11,13-14,17H,6,8,12H2,1-4H3,(H,22,23). The van der Waals surface area contributed by atoms with E-state index in [0.29, 0.717) is 6.54 Å². The van der Waals surface area contributed by atoms with Crippen LogP contribution in [0.5, 0.6) is 11.5 Å². The van der Waals surface area contributed by atoms with Gasteiger partial charge in [-0.15, -0.1) is 0 Å². The van der Waals surface area contributed by atoms with Crippen molar-refractivity contribution >= 4 is 5.91 Å². The maximum absolute atomic E-state index is 12.2. The highest BCUT2D eigenvalue weighted by molar-refractivity contribution is 5.80. The normalized spacial score (nSPS) is 11.7. The lowest BCUT2D eigenvalue weighted by Crippen LogP contribution is -2.37. The van der Waals surface area contributed by atoms with Crippen molar-refractivity contribution in [2.45, 2.75) is 39.7 Å². The monoisotopic (exact) mass is 341 g/mol. The molecular weight excluding hydrogens is 314 g/mol. The summed E-state index contributed by atoms with van der Waals surface area (Å²) in [7, 11) is 1.66. The summed E-state index contributed by atoms with van der Waals surface area (Å²) >= 11 is 0. The van der Waals surface area contributed by atoms with Crippen molar-refractivity contribution < 1.29 is 14.3 Å². The average molecular weight is 341 g/mol. The molecule has 25 heavy (non-hydrogen) atoms. The molecular formula is C21H27NO3. The smallest absolute Gasteiger partial charge is 0.260 e. The van der Waals surface area contributed by atoms with Gasteiger partial charge in [0.15, 0.2) is 6.10 Å². The number of carbonyl (C=O) groups excluding carboxylic acids is 1. The number of methoxy groups -OCH3 is 1. The first-order chi connectivity index (χ1) is 12.0. The molecule has 1 amide bonds. The molecule has 1 unspecified atom stereocenters. The van der Waals surface area contributed by atoms with Crippen molar-refractivity contribution in [3.63, 3.8) is 0 Å². The highest BCUT2D eigenvalue weighted by atomic mass is 16.5. The Morgan fingerprint density at radius 1 is 1.16 bits per heavy atom. The highest BCUT2D eigenvalue weighted by Crippen LogP contribution is 2.20. The molecule has 2 aromatic rings. The quantitative estimate of drug-likeness (QED) is 0.742. The molecule has 0 aliphatic carbocycles. The molecule has 0 radical (unpaired) electrons. The molecule has 0 saturated carbocycles. The Morgan fingerprint density at radius 2 is 1.96 bits per heavy atom. The second kappa shape index (κ2) is 9.11. The van der Waals surface area contributed by atoms with Crippen molar-refractivity contribution in [2.24, 2.45) is 0 Å². The number of hydrogen-bond acceptors (Lipinski definition) is 3. The van der Waals surface area contributed by atoms with E-state index in [-0.39, 0.29) is 5.91 Å². The van der Waals surface area contributed by atoms with E-state index < -0.39 is 6.10 Å². The minimum absolute atomic E-state index is 0.0912. The summed E-state index contributed by atoms with van der Waals surface area (Å²) in [5, 5.41) is 2.94. The number of hydrogen-bond donors (Lipinski definition) is 1. The lowest BCUT2D eigenvalue weighted by Gasteiger charge is -2.16. The van der Waals surface area contributed by atoms with Crippen molar-refractivity contribution in [1.82, 2.24) is 5.32 Å². The number of carbonyl (C=O) groups is 1. The number of nitrogens with one attached hydrogen (secondary N) is 1. The molecule has 0 aliphatic heterocycles. The van der Waals surface area contributed by atoms with Gasteiger partial charge in [0.05, 0.1) is 7.11 Å². The molecule has 4 heteroatoms. The maximum atomic E-state index is 12.2. The summed E-state index contributed by atoms with van der Waals surface area (Å²) < 4.78 is 11.0. The molecule has 0 aliphatic rings. The third kappa shape index (κ3) is 5.82. The number of rotatable bonds is 8. The van der Waals surface area contributed by atoms with Crippen molar-refractivity contribution in [2.75, 3.05) is 13.7 Å². The molecule has 2 rings (SSSR count). The zero-order valence-electron chi connectivity index (χ0n) is 15.5. The molecule has 0 bridgehead atoms. The molecule has 1 N–H and O–H groups in total. The zero-order valence-corrected chi connectivity index (χ0v) is 15.5. The SMILES string of the molecule is COc1cccc(CCCNC(=O)C(C)Oc2cc(C)ccc2C)c1. The topological polar surface area (TPSA) is 47.6 Å². The van der Waals surface area contributed by atoms with Crippen LogP contribution in [0.4, 0.5) is 0 Å². The van der Waals surface area contributed by atoms with E-state index in [9.17, 15) is 4.79 Å². The predicted octanol–water partition coefficient (Wildman–Crippen LogP) is 3.83. The van der Waals surface area contributed by atoms with Gasteiger partial charge in [-0.3, -0.25) is 4.79 Å². The van der Waals surface area contributed by atoms with E-state index in [2.05, 4.69) is 11.4 Å². The van der Waals surface area contributed by atoms with E-state index in [1.54, 1.807) is 14.0 Å². The number of benzene rings is 2. The van der Waals surface area contributed by atoms with Gasteiger partial charge < -0.3 is 14.8 Å². The Hall–Kier alpha value is -2.49. The maximum Gasteiger partial charge on any atom is 0.260 e. The second-order valence-corrected chi connectivity index (χ2v) is 6.28. The molecule has 4 nitrogen and oxygen atoms in total. The molecule has 0 fully saturated rings. The molecule has 134 valence electrons. The van der Waals surface area contributed by atoms with Gasteiger partial charge in [0, 0.05) is 6.54 Å². The number of ether oxygens (including phenoxy) is 2. The molecule has 1 atom stereocenters. The van der Waals surface area contributed by atoms with Crippen LogP contribution in [0.25, 0.3) is 0 Å². The Bertz CT molecular complexity index is 712. The number of aryl methyl sites for hydroxylation is 3. The largest absolute Gasteiger partial charge is 0.497 e. The lowest BCUT2D eigenvalue weighted by molar-refractivity contribution is -0.127. The van der Waals surface area contributed by atoms with E-state index >= 15 is 0 Å². The van der Waals surface area contributed by atoms with Crippen LogP contribution in [0.15, 0.2) is 42.5 Å². The molecule has 0 spiro atoms. The van der Waals surface area contributed by atoms with E-state index in [1.165, 1.54) is 5.56 Å². The van der Waals surface area contributed by atoms with Crippen LogP contribution >= 0.6 is 0 Å². The molecule has 0 saturated heterocycles. The average Bonchev–Trinajstić information content (AvgIpc) is 2.61. The lowest BCUT2D eigenvalue weighted by atomic mass is 10.1. The fraction of sp³-hybridized carbons (Fsp3) is 0.381. The van der Waals surface area contributed by atoms with Gasteiger partial charge in [0.25, 0.3) is 5.91 Å². The summed E-state index contributed by atoms with van der Waals surface area (Å²) in [4.78, 5) is 12.2. The van der Waals surface area contributed by atoms with Crippen LogP contribution in [-0.4, -0.2) is 25.7 Å². The van der Waals surface area contributed by atoms with E-state index in [1.807, 2.05) is 50.2 Å². The van der Waals surface area contributed by atoms with Crippen molar-refractivity contribution in [1.29, 1.82) is 0 Å². The van der Waals surface area contributed by atoms with Crippen molar-refractivity contribution in [3.8, 4) is 11.5 Å². The van der Waals surface area contributed by atoms with Crippen LogP contribution in [0.1, 0.15) is 30.0 Å². The highest BCUT2D eigenvalue weighted by Gasteiger charge is 2.15. The first-order valence-corrected chi connectivity index (χ1v) is 8.64. The first-order valence-electron chi connectivity index (χ1n) is 8.64. The Labute approximate surface area is 150 Å². The predicted molar refractivity (Wildman–Crippen MR) is 100 cm³/mol. The Kier molecular flexibility index (Phi) is 6.87. The third-order valence-corrected chi connectivity index (χ3v) is 4.09. The molecule has 0 heterocycles.